The van der Waals surface area contributed by atoms with Crippen LogP contribution in [0.2, 0.25) is 0 Å². The van der Waals surface area contributed by atoms with Crippen LogP contribution in [0.15, 0.2) is 173 Å². The Morgan fingerprint density at radius 3 is 1.58 bits per heavy atom. The molecule has 0 spiro atoms. The van der Waals surface area contributed by atoms with Gasteiger partial charge >= 0.3 is 5.97 Å². The van der Waals surface area contributed by atoms with Crippen molar-refractivity contribution < 1.29 is 19.0 Å². The summed E-state index contributed by atoms with van der Waals surface area (Å²) in [6, 6.07) is 43.8. The molecule has 0 radical (unpaired) electrons. The van der Waals surface area contributed by atoms with Crippen LogP contribution in [-0.4, -0.2) is 41.6 Å². The number of aromatic nitrogens is 2. The van der Waals surface area contributed by atoms with Gasteiger partial charge in [-0.05, 0) is 139 Å². The number of benzene rings is 6. The molecule has 0 saturated carbocycles. The number of ether oxygens (including phenoxy) is 3. The van der Waals surface area contributed by atoms with Crippen molar-refractivity contribution in [3.05, 3.63) is 208 Å². The second kappa shape index (κ2) is 17.5. The zero-order chi connectivity index (χ0) is 51.1. The first-order chi connectivity index (χ1) is 34.9. The monoisotopic (exact) mass is 960 g/mol. The van der Waals surface area contributed by atoms with E-state index in [0.29, 0.717) is 28.5 Å². The third-order valence-corrected chi connectivity index (χ3v) is 14.4. The number of carbonyl (C=O) groups excluding carboxylic acids is 1. The topological polar surface area (TPSA) is 101 Å². The minimum atomic E-state index is -0.518. The Balaban J connectivity index is 1.28. The Bertz CT molecular complexity index is 3740. The SMILES string of the molecule is COc1ccc(C(=O)Oc2c3[nH]c4c(c5ccc(C(C)(C)C)cc5c(-c5ccc(OC)cc5)c24)-c2ccc([nH]2)C(c2ccc(C(C)(C)C)cc2)=C2C=CC(=N2)C(c2ccc(C(C)(C)C)cc2)=C2C=CC3=N2)cc1. The molecule has 0 saturated heterocycles. The van der Waals surface area contributed by atoms with Crippen LogP contribution < -0.4 is 14.2 Å². The summed E-state index contributed by atoms with van der Waals surface area (Å²) in [6.45, 7) is 20.1. The lowest BCUT2D eigenvalue weighted by molar-refractivity contribution is 0.0736. The number of rotatable bonds is 7. The quantitative estimate of drug-likeness (QED) is 0.155. The predicted molar refractivity (Wildman–Crippen MR) is 300 cm³/mol. The maximum atomic E-state index is 14.7. The van der Waals surface area contributed by atoms with E-state index in [0.717, 1.165) is 100 Å². The lowest BCUT2D eigenvalue weighted by Gasteiger charge is -2.22. The van der Waals surface area contributed by atoms with Gasteiger partial charge in [-0.2, -0.15) is 0 Å². The second-order valence-electron chi connectivity index (χ2n) is 22.3. The summed E-state index contributed by atoms with van der Waals surface area (Å²) in [5.41, 5.74) is 16.5. The van der Waals surface area contributed by atoms with Gasteiger partial charge in [-0.3, -0.25) is 0 Å². The predicted octanol–water partition coefficient (Wildman–Crippen LogP) is 15.7. The third kappa shape index (κ3) is 8.44. The molecule has 8 nitrogen and oxygen atoms in total. The van der Waals surface area contributed by atoms with Gasteiger partial charge in [-0.1, -0.05) is 135 Å². The zero-order valence-corrected chi connectivity index (χ0v) is 43.5. The van der Waals surface area contributed by atoms with Gasteiger partial charge in [0.15, 0.2) is 5.75 Å². The van der Waals surface area contributed by atoms with E-state index < -0.39 is 5.97 Å². The van der Waals surface area contributed by atoms with Crippen LogP contribution >= 0.6 is 0 Å². The molecule has 0 fully saturated rings. The molecule has 0 atom stereocenters. The van der Waals surface area contributed by atoms with Crippen LogP contribution in [0.1, 0.15) is 112 Å². The summed E-state index contributed by atoms with van der Waals surface area (Å²) >= 11 is 0. The average molecular weight is 961 g/mol. The number of hydrogen-bond acceptors (Lipinski definition) is 6. The van der Waals surface area contributed by atoms with Crippen molar-refractivity contribution in [2.24, 2.45) is 9.98 Å². The number of carbonyl (C=O) groups is 1. The van der Waals surface area contributed by atoms with E-state index in [4.69, 9.17) is 24.2 Å². The number of H-pyrrole nitrogens is 2. The highest BCUT2D eigenvalue weighted by Gasteiger charge is 2.32. The molecule has 0 unspecified atom stereocenters. The number of nitrogens with zero attached hydrogens (tertiary/aromatic N) is 2. The molecule has 8 bridgehead atoms. The van der Waals surface area contributed by atoms with E-state index in [1.807, 2.05) is 24.3 Å². The summed E-state index contributed by atoms with van der Waals surface area (Å²) in [4.78, 5) is 33.6. The molecule has 6 aromatic carbocycles. The highest BCUT2D eigenvalue weighted by molar-refractivity contribution is 6.33. The number of aromatic amines is 2. The summed E-state index contributed by atoms with van der Waals surface area (Å²) in [6.07, 6.45) is 8.29. The van der Waals surface area contributed by atoms with E-state index in [1.54, 1.807) is 38.5 Å². The molecular formula is C65H60N4O4. The van der Waals surface area contributed by atoms with E-state index in [9.17, 15) is 4.79 Å². The fourth-order valence-corrected chi connectivity index (χ4v) is 10.2. The number of aliphatic imine (C=N–C) groups is 2. The molecule has 2 aromatic heterocycles. The first-order valence-corrected chi connectivity index (χ1v) is 25.0. The zero-order valence-electron chi connectivity index (χ0n) is 43.5. The van der Waals surface area contributed by atoms with E-state index in [2.05, 4.69) is 175 Å². The van der Waals surface area contributed by atoms with Crippen molar-refractivity contribution in [1.82, 2.24) is 9.97 Å². The maximum absolute atomic E-state index is 14.7. The third-order valence-electron chi connectivity index (χ3n) is 14.4. The first-order valence-electron chi connectivity index (χ1n) is 25.0. The maximum Gasteiger partial charge on any atom is 0.343 e. The molecule has 0 aliphatic carbocycles. The number of nitrogens with one attached hydrogen (secondary N) is 2. The number of allylic oxidation sites excluding steroid dienone is 5. The van der Waals surface area contributed by atoms with Crippen LogP contribution in [0.5, 0.6) is 17.2 Å². The number of esters is 1. The van der Waals surface area contributed by atoms with Crippen LogP contribution in [-0.2, 0) is 16.2 Å². The lowest BCUT2D eigenvalue weighted by atomic mass is 9.82. The summed E-state index contributed by atoms with van der Waals surface area (Å²) in [7, 11) is 3.28. The second-order valence-corrected chi connectivity index (χ2v) is 22.3. The Kier molecular flexibility index (Phi) is 11.3. The molecule has 8 heteroatoms. The van der Waals surface area contributed by atoms with Crippen molar-refractivity contribution in [1.29, 1.82) is 0 Å². The highest BCUT2D eigenvalue weighted by atomic mass is 16.5. The van der Waals surface area contributed by atoms with Crippen LogP contribution in [0.4, 0.5) is 0 Å². The summed E-state index contributed by atoms with van der Waals surface area (Å²) < 4.78 is 18.0. The van der Waals surface area contributed by atoms with Gasteiger partial charge in [0.25, 0.3) is 0 Å². The number of methoxy groups -OCH3 is 2. The highest BCUT2D eigenvalue weighted by Crippen LogP contribution is 2.50. The molecular weight excluding hydrogens is 901 g/mol. The van der Waals surface area contributed by atoms with Gasteiger partial charge in [0.05, 0.1) is 53.5 Å². The van der Waals surface area contributed by atoms with Crippen molar-refractivity contribution in [2.75, 3.05) is 14.2 Å². The van der Waals surface area contributed by atoms with Crippen molar-refractivity contribution in [3.63, 3.8) is 0 Å². The van der Waals surface area contributed by atoms with Gasteiger partial charge in [-0.15, -0.1) is 0 Å². The Hall–Kier alpha value is -8.23. The summed E-state index contributed by atoms with van der Waals surface area (Å²) in [5.74, 6) is 1.22. The lowest BCUT2D eigenvalue weighted by Crippen LogP contribution is -2.11. The van der Waals surface area contributed by atoms with E-state index in [1.165, 1.54) is 11.1 Å². The number of fused-ring (bicyclic) bond motifs is 9. The summed E-state index contributed by atoms with van der Waals surface area (Å²) in [5, 5.41) is 2.76. The van der Waals surface area contributed by atoms with Crippen molar-refractivity contribution in [2.45, 2.75) is 78.6 Å². The van der Waals surface area contributed by atoms with Gasteiger partial charge in [-0.25, -0.2) is 14.8 Å². The van der Waals surface area contributed by atoms with Gasteiger partial charge in [0, 0.05) is 33.7 Å². The normalized spacial score (nSPS) is 14.5. The van der Waals surface area contributed by atoms with E-state index in [-0.39, 0.29) is 16.2 Å². The molecule has 3 aliphatic heterocycles. The minimum Gasteiger partial charge on any atom is -0.497 e. The molecule has 73 heavy (non-hydrogen) atoms. The smallest absolute Gasteiger partial charge is 0.343 e. The molecule has 5 heterocycles. The van der Waals surface area contributed by atoms with E-state index >= 15 is 0 Å². The van der Waals surface area contributed by atoms with Gasteiger partial charge in [0.2, 0.25) is 0 Å². The molecule has 3 aliphatic rings. The Morgan fingerprint density at radius 2 is 0.986 bits per heavy atom. The van der Waals surface area contributed by atoms with Gasteiger partial charge < -0.3 is 24.2 Å². The fraction of sp³-hybridized carbons (Fsp3) is 0.215. The molecule has 0 amide bonds. The van der Waals surface area contributed by atoms with Crippen LogP contribution in [0.25, 0.3) is 55.2 Å². The molecule has 2 N–H and O–H groups in total. The number of hydrogen-bond donors (Lipinski definition) is 2. The Labute approximate surface area is 427 Å². The molecule has 11 rings (SSSR count). The van der Waals surface area contributed by atoms with Crippen molar-refractivity contribution in [3.8, 4) is 39.6 Å². The van der Waals surface area contributed by atoms with Crippen molar-refractivity contribution >= 4 is 50.2 Å². The largest absolute Gasteiger partial charge is 0.497 e. The standard InChI is InChI=1S/C65H60N4O4/c1-63(2,3)41-20-12-38(13-21-41)55-48-30-31-49(66-48)56(39-14-22-42(23-15-39)64(4,5)6)51-34-35-53(68-51)59-61(73-62(70)40-18-27-45(72-11)28-19-40)58-54(37-16-25-44(71-10)26-17-37)47-36-43(65(7,8)9)24-29-46(47)57(60(58)69-59)52-33-32-50(55)67-52/h12-36,67,69H,1-11H3. The average Bonchev–Trinajstić information content (AvgIpc) is 4.22. The minimum absolute atomic E-state index is 0.0257. The van der Waals surface area contributed by atoms with Crippen LogP contribution in [0.3, 0.4) is 0 Å². The van der Waals surface area contributed by atoms with Gasteiger partial charge in [0.1, 0.15) is 17.2 Å². The Morgan fingerprint density at radius 1 is 0.479 bits per heavy atom. The first kappa shape index (κ1) is 47.1. The molecule has 364 valence electrons. The fourth-order valence-electron chi connectivity index (χ4n) is 10.2. The van der Waals surface area contributed by atoms with Crippen LogP contribution in [0, 0.1) is 0 Å². The molecule has 8 aromatic rings.